The molecule has 2 aromatic rings. The van der Waals surface area contributed by atoms with Crippen molar-refractivity contribution in [2.45, 2.75) is 39.3 Å². The molecule has 0 saturated carbocycles. The van der Waals surface area contributed by atoms with E-state index in [0.29, 0.717) is 11.7 Å². The maximum atomic E-state index is 5.95. The molecule has 0 aliphatic rings. The zero-order valence-corrected chi connectivity index (χ0v) is 13.3. The minimum atomic E-state index is -0.112. The number of hydrogen-bond donors (Lipinski definition) is 1. The van der Waals surface area contributed by atoms with Crippen molar-refractivity contribution in [2.24, 2.45) is 5.73 Å². The van der Waals surface area contributed by atoms with E-state index in [0.717, 1.165) is 15.8 Å². The summed E-state index contributed by atoms with van der Waals surface area (Å²) in [7, 11) is 0. The van der Waals surface area contributed by atoms with Gasteiger partial charge in [0, 0.05) is 22.0 Å². The molecule has 1 aromatic carbocycles. The first-order valence-corrected chi connectivity index (χ1v) is 7.27. The summed E-state index contributed by atoms with van der Waals surface area (Å²) < 4.78 is 11.9. The lowest BCUT2D eigenvalue weighted by Gasteiger charge is -2.13. The van der Waals surface area contributed by atoms with Crippen LogP contribution in [0.15, 0.2) is 27.2 Å². The molecule has 0 fully saturated rings. The lowest BCUT2D eigenvalue weighted by Crippen LogP contribution is -2.08. The van der Waals surface area contributed by atoms with Gasteiger partial charge in [0.05, 0.1) is 0 Å². The van der Waals surface area contributed by atoms with E-state index >= 15 is 0 Å². The van der Waals surface area contributed by atoms with Crippen LogP contribution < -0.4 is 10.5 Å². The predicted octanol–water partition coefficient (Wildman–Crippen LogP) is 3.55. The molecule has 0 aliphatic carbocycles. The van der Waals surface area contributed by atoms with Crippen molar-refractivity contribution in [3.8, 4) is 5.75 Å². The number of hydrogen-bond acceptors (Lipinski definition) is 5. The first-order chi connectivity index (χ1) is 9.47. The van der Waals surface area contributed by atoms with E-state index in [4.69, 9.17) is 15.0 Å². The van der Waals surface area contributed by atoms with Crippen molar-refractivity contribution >= 4 is 15.9 Å². The van der Waals surface area contributed by atoms with Crippen molar-refractivity contribution in [1.29, 1.82) is 0 Å². The molecule has 0 radical (unpaired) electrons. The van der Waals surface area contributed by atoms with Crippen LogP contribution in [0.25, 0.3) is 0 Å². The van der Waals surface area contributed by atoms with Gasteiger partial charge < -0.3 is 15.0 Å². The molecule has 2 N–H and O–H groups in total. The number of aromatic nitrogens is 2. The quantitative estimate of drug-likeness (QED) is 0.901. The fourth-order valence-electron chi connectivity index (χ4n) is 1.71. The smallest absolute Gasteiger partial charge is 0.229 e. The van der Waals surface area contributed by atoms with E-state index < -0.39 is 0 Å². The molecule has 0 amide bonds. The summed E-state index contributed by atoms with van der Waals surface area (Å²) in [6.45, 7) is 6.18. The Bertz CT molecular complexity index is 582. The summed E-state index contributed by atoms with van der Waals surface area (Å²) in [6.07, 6.45) is 0. The molecule has 1 atom stereocenters. The molecule has 0 saturated heterocycles. The monoisotopic (exact) mass is 339 g/mol. The van der Waals surface area contributed by atoms with Gasteiger partial charge in [-0.15, -0.1) is 0 Å². The fraction of sp³-hybridized carbons (Fsp3) is 0.429. The van der Waals surface area contributed by atoms with E-state index in [-0.39, 0.29) is 18.6 Å². The van der Waals surface area contributed by atoms with Crippen molar-refractivity contribution in [3.05, 3.63) is 40.0 Å². The number of nitrogens with two attached hydrogens (primary N) is 1. The van der Waals surface area contributed by atoms with Crippen molar-refractivity contribution < 1.29 is 9.26 Å². The molecule has 0 spiro atoms. The molecule has 1 aromatic heterocycles. The van der Waals surface area contributed by atoms with Crippen LogP contribution >= 0.6 is 15.9 Å². The molecular weight excluding hydrogens is 322 g/mol. The molecule has 0 bridgehead atoms. The second-order valence-corrected chi connectivity index (χ2v) is 5.88. The molecular formula is C14H18BrN3O2. The van der Waals surface area contributed by atoms with E-state index in [1.807, 2.05) is 39.0 Å². The lowest BCUT2D eigenvalue weighted by atomic mass is 10.1. The van der Waals surface area contributed by atoms with E-state index in [9.17, 15) is 0 Å². The van der Waals surface area contributed by atoms with E-state index in [2.05, 4.69) is 26.1 Å². The van der Waals surface area contributed by atoms with Crippen LogP contribution in [0.2, 0.25) is 0 Å². The third-order valence-corrected chi connectivity index (χ3v) is 3.29. The first-order valence-electron chi connectivity index (χ1n) is 6.47. The topological polar surface area (TPSA) is 74.2 Å². The zero-order valence-electron chi connectivity index (χ0n) is 11.8. The van der Waals surface area contributed by atoms with E-state index in [1.54, 1.807) is 0 Å². The van der Waals surface area contributed by atoms with Crippen LogP contribution in [0.3, 0.4) is 0 Å². The molecule has 0 unspecified atom stereocenters. The second kappa shape index (κ2) is 6.37. The minimum Gasteiger partial charge on any atom is -0.485 e. The van der Waals surface area contributed by atoms with Crippen molar-refractivity contribution in [3.63, 3.8) is 0 Å². The third-order valence-electron chi connectivity index (χ3n) is 2.80. The van der Waals surface area contributed by atoms with Crippen LogP contribution in [0.1, 0.15) is 50.0 Å². The number of nitrogens with zero attached hydrogens (tertiary/aromatic N) is 2. The number of ether oxygens (including phenoxy) is 1. The number of benzene rings is 1. The third kappa shape index (κ3) is 3.58. The Morgan fingerprint density at radius 2 is 2.10 bits per heavy atom. The summed E-state index contributed by atoms with van der Waals surface area (Å²) in [5.74, 6) is 2.10. The van der Waals surface area contributed by atoms with Crippen molar-refractivity contribution in [1.82, 2.24) is 10.1 Å². The highest BCUT2D eigenvalue weighted by molar-refractivity contribution is 9.10. The maximum Gasteiger partial charge on any atom is 0.229 e. The SMILES string of the molecule is CC(C)c1nc(COc2ccc(Br)cc2[C@@H](C)N)no1. The predicted molar refractivity (Wildman–Crippen MR) is 79.5 cm³/mol. The van der Waals surface area contributed by atoms with Gasteiger partial charge in [-0.1, -0.05) is 34.9 Å². The number of rotatable bonds is 5. The van der Waals surface area contributed by atoms with Gasteiger partial charge in [0.15, 0.2) is 6.61 Å². The Morgan fingerprint density at radius 1 is 1.35 bits per heavy atom. The Labute approximate surface area is 126 Å². The van der Waals surface area contributed by atoms with Gasteiger partial charge in [-0.3, -0.25) is 0 Å². The summed E-state index contributed by atoms with van der Waals surface area (Å²) in [5, 5.41) is 3.89. The van der Waals surface area contributed by atoms with Gasteiger partial charge in [-0.2, -0.15) is 4.98 Å². The highest BCUT2D eigenvalue weighted by Crippen LogP contribution is 2.28. The Morgan fingerprint density at radius 3 is 2.70 bits per heavy atom. The molecule has 108 valence electrons. The lowest BCUT2D eigenvalue weighted by molar-refractivity contribution is 0.280. The molecule has 0 aliphatic heterocycles. The van der Waals surface area contributed by atoms with Crippen LogP contribution in [-0.2, 0) is 6.61 Å². The van der Waals surface area contributed by atoms with Crippen LogP contribution in [0, 0.1) is 0 Å². The average molecular weight is 340 g/mol. The summed E-state index contributed by atoms with van der Waals surface area (Å²) >= 11 is 3.43. The van der Waals surface area contributed by atoms with Gasteiger partial charge in [0.2, 0.25) is 11.7 Å². The largest absolute Gasteiger partial charge is 0.485 e. The first kappa shape index (κ1) is 15.0. The molecule has 6 heteroatoms. The number of halogens is 1. The Kier molecular flexibility index (Phi) is 4.77. The Hall–Kier alpha value is -1.40. The minimum absolute atomic E-state index is 0.112. The summed E-state index contributed by atoms with van der Waals surface area (Å²) in [4.78, 5) is 4.27. The van der Waals surface area contributed by atoms with Crippen LogP contribution in [0.5, 0.6) is 5.75 Å². The second-order valence-electron chi connectivity index (χ2n) is 4.96. The highest BCUT2D eigenvalue weighted by atomic mass is 79.9. The molecule has 20 heavy (non-hydrogen) atoms. The highest BCUT2D eigenvalue weighted by Gasteiger charge is 2.13. The zero-order chi connectivity index (χ0) is 14.7. The molecule has 1 heterocycles. The molecule has 2 rings (SSSR count). The maximum absolute atomic E-state index is 5.95. The summed E-state index contributed by atoms with van der Waals surface area (Å²) in [6, 6.07) is 5.64. The fourth-order valence-corrected chi connectivity index (χ4v) is 2.09. The standard InChI is InChI=1S/C14H18BrN3O2/c1-8(2)14-17-13(18-20-14)7-19-12-5-4-10(15)6-11(12)9(3)16/h4-6,8-9H,7,16H2,1-3H3/t9-/m1/s1. The van der Waals surface area contributed by atoms with Gasteiger partial charge >= 0.3 is 0 Å². The summed E-state index contributed by atoms with van der Waals surface area (Å²) in [5.41, 5.74) is 6.88. The van der Waals surface area contributed by atoms with Gasteiger partial charge in [0.25, 0.3) is 0 Å². The van der Waals surface area contributed by atoms with Gasteiger partial charge in [-0.05, 0) is 25.1 Å². The van der Waals surface area contributed by atoms with E-state index in [1.165, 1.54) is 0 Å². The normalized spacial score (nSPS) is 12.7. The van der Waals surface area contributed by atoms with Crippen molar-refractivity contribution in [2.75, 3.05) is 0 Å². The van der Waals surface area contributed by atoms with Crippen LogP contribution in [0.4, 0.5) is 0 Å². The Balaban J connectivity index is 2.10. The average Bonchev–Trinajstić information content (AvgIpc) is 2.86. The van der Waals surface area contributed by atoms with Gasteiger partial charge in [0.1, 0.15) is 5.75 Å². The van der Waals surface area contributed by atoms with Gasteiger partial charge in [-0.25, -0.2) is 0 Å². The molecule has 5 nitrogen and oxygen atoms in total. The van der Waals surface area contributed by atoms with Crippen LogP contribution in [-0.4, -0.2) is 10.1 Å².